The molecule has 1 atom stereocenters. The summed E-state index contributed by atoms with van der Waals surface area (Å²) in [6, 6.07) is 13.8. The van der Waals surface area contributed by atoms with Crippen molar-refractivity contribution < 1.29 is 37.5 Å². The number of carbonyl (C=O) groups excluding carboxylic acids is 4. The highest BCUT2D eigenvalue weighted by Gasteiger charge is 2.31. The molecule has 4 aromatic rings. The van der Waals surface area contributed by atoms with Gasteiger partial charge in [0.25, 0.3) is 11.8 Å². The van der Waals surface area contributed by atoms with Crippen LogP contribution < -0.4 is 26.6 Å². The summed E-state index contributed by atoms with van der Waals surface area (Å²) >= 11 is 0. The first-order valence-corrected chi connectivity index (χ1v) is 13.8. The van der Waals surface area contributed by atoms with Gasteiger partial charge < -0.3 is 31.7 Å². The molecule has 0 aliphatic heterocycles. The maximum atomic E-state index is 13.0. The lowest BCUT2D eigenvalue weighted by Crippen LogP contribution is -2.45. The number of nitrogens with zero attached hydrogens (tertiary/aromatic N) is 2. The smallest absolute Gasteiger partial charge is 0.394 e. The second-order valence-corrected chi connectivity index (χ2v) is 9.95. The largest absolute Gasteiger partial charge is 0.416 e. The number of carbonyl (C=O) groups is 4. The molecule has 1 heterocycles. The van der Waals surface area contributed by atoms with Gasteiger partial charge in [-0.25, -0.2) is 9.97 Å². The molecule has 242 valence electrons. The van der Waals surface area contributed by atoms with E-state index < -0.39 is 48.0 Å². The van der Waals surface area contributed by atoms with Crippen LogP contribution in [0.15, 0.2) is 91.8 Å². The van der Waals surface area contributed by atoms with Crippen molar-refractivity contribution in [3.05, 3.63) is 114 Å². The first kappa shape index (κ1) is 33.8. The molecule has 0 radical (unpaired) electrons. The van der Waals surface area contributed by atoms with Gasteiger partial charge in [-0.3, -0.25) is 19.2 Å². The molecule has 0 aliphatic rings. The van der Waals surface area contributed by atoms with Crippen LogP contribution in [0.25, 0.3) is 0 Å². The van der Waals surface area contributed by atoms with Gasteiger partial charge in [-0.05, 0) is 67.1 Å². The summed E-state index contributed by atoms with van der Waals surface area (Å²) in [5.74, 6) is -2.42. The Bertz CT molecular complexity index is 1810. The predicted octanol–water partition coefficient (Wildman–Crippen LogP) is 4.65. The van der Waals surface area contributed by atoms with Crippen LogP contribution in [0, 0.1) is 6.92 Å². The number of hydrogen-bond acceptors (Lipinski definition) is 8. The molecule has 4 rings (SSSR count). The molecule has 0 bridgehead atoms. The second-order valence-electron chi connectivity index (χ2n) is 9.95. The third kappa shape index (κ3) is 9.21. The summed E-state index contributed by atoms with van der Waals surface area (Å²) in [7, 11) is 0. The van der Waals surface area contributed by atoms with Crippen molar-refractivity contribution >= 4 is 52.3 Å². The van der Waals surface area contributed by atoms with E-state index in [0.29, 0.717) is 16.9 Å². The van der Waals surface area contributed by atoms with Gasteiger partial charge >= 0.3 is 6.18 Å². The van der Waals surface area contributed by atoms with E-state index in [9.17, 15) is 37.5 Å². The minimum atomic E-state index is -4.60. The molecule has 15 heteroatoms. The standard InChI is InChI=1S/C32H28F3N7O5/c1-3-27(44)42-26(17-43)30(47)39-21-8-5-9-22(13-21)41-31-36-15-24(16-37-31)40-29(46)25-14-23(11-10-18(25)2)38-28(45)19-6-4-7-20(12-19)32(33,34)35/h3-16,26,43H,1,17H2,2H3,(H,38,45)(H,39,47)(H,40,46)(H,42,44)(H,36,37,41). The average Bonchev–Trinajstić information content (AvgIpc) is 3.05. The SMILES string of the molecule is C=CC(=O)NC(CO)C(=O)Nc1cccc(Nc2ncc(NC(=O)c3cc(NC(=O)c4cccc(C(F)(F)F)c4)ccc3C)cn2)c1. The zero-order chi connectivity index (χ0) is 34.1. The normalized spacial score (nSPS) is 11.5. The molecular formula is C32H28F3N7O5. The van der Waals surface area contributed by atoms with Crippen LogP contribution in [0.4, 0.5) is 41.9 Å². The summed E-state index contributed by atoms with van der Waals surface area (Å²) in [5, 5.41) is 22.5. The molecule has 47 heavy (non-hydrogen) atoms. The molecule has 1 unspecified atom stereocenters. The van der Waals surface area contributed by atoms with Crippen LogP contribution >= 0.6 is 0 Å². The van der Waals surface area contributed by atoms with E-state index >= 15 is 0 Å². The fourth-order valence-corrected chi connectivity index (χ4v) is 4.10. The molecule has 3 aromatic carbocycles. The molecule has 0 aliphatic carbocycles. The Morgan fingerprint density at radius 2 is 1.51 bits per heavy atom. The van der Waals surface area contributed by atoms with E-state index in [1.165, 1.54) is 30.6 Å². The summed E-state index contributed by atoms with van der Waals surface area (Å²) < 4.78 is 39.1. The number of aryl methyl sites for hydroxylation is 1. The van der Waals surface area contributed by atoms with E-state index in [1.807, 2.05) is 0 Å². The molecular weight excluding hydrogens is 619 g/mol. The van der Waals surface area contributed by atoms with Crippen LogP contribution in [0.5, 0.6) is 0 Å². The van der Waals surface area contributed by atoms with Crippen molar-refractivity contribution in [3.8, 4) is 0 Å². The molecule has 1 aromatic heterocycles. The third-order valence-electron chi connectivity index (χ3n) is 6.49. The second kappa shape index (κ2) is 14.8. The number of benzene rings is 3. The van der Waals surface area contributed by atoms with E-state index in [-0.39, 0.29) is 28.5 Å². The Hall–Kier alpha value is -6.09. The van der Waals surface area contributed by atoms with Gasteiger partial charge in [0.15, 0.2) is 0 Å². The van der Waals surface area contributed by atoms with Crippen molar-refractivity contribution in [2.75, 3.05) is 27.9 Å². The molecule has 0 saturated carbocycles. The van der Waals surface area contributed by atoms with E-state index in [2.05, 4.69) is 43.1 Å². The Morgan fingerprint density at radius 3 is 2.19 bits per heavy atom. The fourth-order valence-electron chi connectivity index (χ4n) is 4.10. The predicted molar refractivity (Wildman–Crippen MR) is 168 cm³/mol. The summed E-state index contributed by atoms with van der Waals surface area (Å²) in [5.41, 5.74) is 0.910. The monoisotopic (exact) mass is 647 g/mol. The summed E-state index contributed by atoms with van der Waals surface area (Å²) in [4.78, 5) is 57.9. The van der Waals surface area contributed by atoms with Crippen LogP contribution in [0.1, 0.15) is 31.8 Å². The van der Waals surface area contributed by atoms with E-state index in [1.54, 1.807) is 37.3 Å². The molecule has 4 amide bonds. The Labute approximate surface area is 266 Å². The van der Waals surface area contributed by atoms with Crippen molar-refractivity contribution in [3.63, 3.8) is 0 Å². The number of halogens is 3. The fraction of sp³-hybridized carbons (Fsp3) is 0.125. The Morgan fingerprint density at radius 1 is 0.851 bits per heavy atom. The number of aromatic nitrogens is 2. The van der Waals surface area contributed by atoms with Gasteiger partial charge in [-0.15, -0.1) is 0 Å². The van der Waals surface area contributed by atoms with Gasteiger partial charge in [0.05, 0.1) is 30.3 Å². The highest BCUT2D eigenvalue weighted by atomic mass is 19.4. The minimum Gasteiger partial charge on any atom is -0.394 e. The zero-order valence-electron chi connectivity index (χ0n) is 24.7. The molecule has 0 spiro atoms. The van der Waals surface area contributed by atoms with Crippen LogP contribution in [-0.4, -0.2) is 51.4 Å². The number of alkyl halides is 3. The van der Waals surface area contributed by atoms with Crippen LogP contribution in [0.2, 0.25) is 0 Å². The highest BCUT2D eigenvalue weighted by molar-refractivity contribution is 6.08. The number of amides is 4. The highest BCUT2D eigenvalue weighted by Crippen LogP contribution is 2.30. The van der Waals surface area contributed by atoms with Gasteiger partial charge in [0.2, 0.25) is 17.8 Å². The lowest BCUT2D eigenvalue weighted by Gasteiger charge is -2.15. The average molecular weight is 648 g/mol. The van der Waals surface area contributed by atoms with E-state index in [4.69, 9.17) is 0 Å². The van der Waals surface area contributed by atoms with Crippen molar-refractivity contribution in [1.29, 1.82) is 0 Å². The van der Waals surface area contributed by atoms with Gasteiger partial charge in [0, 0.05) is 28.2 Å². The van der Waals surface area contributed by atoms with Crippen molar-refractivity contribution in [2.24, 2.45) is 0 Å². The number of rotatable bonds is 11. The molecule has 0 fully saturated rings. The van der Waals surface area contributed by atoms with Gasteiger partial charge in [-0.2, -0.15) is 13.2 Å². The number of anilines is 5. The first-order valence-electron chi connectivity index (χ1n) is 13.8. The number of nitrogens with one attached hydrogen (secondary N) is 5. The first-order chi connectivity index (χ1) is 22.4. The Kier molecular flexibility index (Phi) is 10.6. The van der Waals surface area contributed by atoms with Crippen molar-refractivity contribution in [1.82, 2.24) is 15.3 Å². The van der Waals surface area contributed by atoms with Gasteiger partial charge in [-0.1, -0.05) is 24.8 Å². The quantitative estimate of drug-likeness (QED) is 0.128. The number of aliphatic hydroxyl groups excluding tert-OH is 1. The Balaban J connectivity index is 1.38. The molecule has 0 saturated heterocycles. The minimum absolute atomic E-state index is 0.161. The van der Waals surface area contributed by atoms with Crippen molar-refractivity contribution in [2.45, 2.75) is 19.1 Å². The molecule has 12 nitrogen and oxygen atoms in total. The maximum absolute atomic E-state index is 13.0. The summed E-state index contributed by atoms with van der Waals surface area (Å²) in [6.45, 7) is 4.36. The number of hydrogen-bond donors (Lipinski definition) is 6. The number of aliphatic hydroxyl groups is 1. The van der Waals surface area contributed by atoms with Gasteiger partial charge in [0.1, 0.15) is 6.04 Å². The summed E-state index contributed by atoms with van der Waals surface area (Å²) in [6.07, 6.45) is -0.927. The maximum Gasteiger partial charge on any atom is 0.416 e. The van der Waals surface area contributed by atoms with E-state index in [0.717, 1.165) is 24.3 Å². The topological polar surface area (TPSA) is 174 Å². The third-order valence-corrected chi connectivity index (χ3v) is 6.49. The zero-order valence-corrected chi connectivity index (χ0v) is 24.7. The van der Waals surface area contributed by atoms with Crippen LogP contribution in [0.3, 0.4) is 0 Å². The van der Waals surface area contributed by atoms with Crippen LogP contribution in [-0.2, 0) is 15.8 Å². The molecule has 6 N–H and O–H groups in total. The lowest BCUT2D eigenvalue weighted by atomic mass is 10.1. The lowest BCUT2D eigenvalue weighted by molar-refractivity contribution is -0.137.